The standard InChI is InChI=1S/C5H5.CH3.2HI.Ru/c1-2-4-5-3-1;;;;/h1-3H,4H2;1H3;2*1H;/q2*-1;;;+4/p-2. The molecule has 0 aromatic carbocycles. The van der Waals surface area contributed by atoms with Crippen LogP contribution in [0.3, 0.4) is 0 Å². The Labute approximate surface area is 86.5 Å². The monoisotopic (exact) mass is 436 g/mol. The first-order valence-corrected chi connectivity index (χ1v) is 12.3. The van der Waals surface area contributed by atoms with Crippen LogP contribution in [0.15, 0.2) is 18.2 Å². The van der Waals surface area contributed by atoms with Crippen molar-refractivity contribution in [1.82, 2.24) is 0 Å². The van der Waals surface area contributed by atoms with Gasteiger partial charge in [-0.3, -0.25) is 6.08 Å². The minimum atomic E-state index is 0. The molecule has 1 aliphatic carbocycles. The van der Waals surface area contributed by atoms with Gasteiger partial charge in [0.25, 0.3) is 0 Å². The maximum absolute atomic E-state index is 2.99. The summed E-state index contributed by atoms with van der Waals surface area (Å²) in [6.07, 6.45) is 10.0. The molecule has 0 amide bonds. The van der Waals surface area contributed by atoms with Gasteiger partial charge in [-0.25, -0.2) is 12.2 Å². The van der Waals surface area contributed by atoms with E-state index in [1.165, 1.54) is 0 Å². The van der Waals surface area contributed by atoms with Crippen LogP contribution in [0, 0.1) is 13.5 Å². The molecule has 1 rings (SSSR count). The van der Waals surface area contributed by atoms with E-state index in [1.54, 1.807) is 0 Å². The Hall–Kier alpha value is 1.56. The molecule has 0 bridgehead atoms. The Morgan fingerprint density at radius 1 is 1.44 bits per heavy atom. The molecule has 3 heteroatoms. The van der Waals surface area contributed by atoms with Crippen LogP contribution in [0.5, 0.6) is 0 Å². The molecular weight excluding hydrogens is 427 g/mol. The van der Waals surface area contributed by atoms with Crippen molar-refractivity contribution in [3.8, 4) is 0 Å². The van der Waals surface area contributed by atoms with E-state index in [1.807, 2.05) is 12.2 Å². The Morgan fingerprint density at radius 3 is 2.11 bits per heavy atom. The van der Waals surface area contributed by atoms with Crippen molar-refractivity contribution in [2.75, 3.05) is 0 Å². The average Bonchev–Trinajstić information content (AvgIpc) is 2.17. The molecule has 1 aliphatic rings. The molecule has 9 heavy (non-hydrogen) atoms. The second-order valence-electron chi connectivity index (χ2n) is 1.05. The molecule has 0 radical (unpaired) electrons. The van der Waals surface area contributed by atoms with Crippen molar-refractivity contribution in [2.24, 2.45) is 0 Å². The first kappa shape index (κ1) is 13.2. The maximum atomic E-state index is 2.99. The van der Waals surface area contributed by atoms with E-state index < -0.39 is 0 Å². The van der Waals surface area contributed by atoms with Crippen molar-refractivity contribution in [3.05, 3.63) is 31.7 Å². The summed E-state index contributed by atoms with van der Waals surface area (Å²) in [4.78, 5) is 0. The Kier molecular flexibility index (Phi) is 17.9. The van der Waals surface area contributed by atoms with Crippen molar-refractivity contribution in [2.45, 2.75) is 6.42 Å². The zero-order chi connectivity index (χ0) is 6.24. The number of hydrogen-bond acceptors (Lipinski definition) is 0. The summed E-state index contributed by atoms with van der Waals surface area (Å²) in [6.45, 7) is 0. The van der Waals surface area contributed by atoms with Crippen molar-refractivity contribution in [1.29, 1.82) is 0 Å². The van der Waals surface area contributed by atoms with Gasteiger partial charge in [0.05, 0.1) is 0 Å². The minimum absolute atomic E-state index is 0. The molecule has 0 N–H and O–H groups in total. The number of halogens is 2. The van der Waals surface area contributed by atoms with Crippen LogP contribution in [0.25, 0.3) is 0 Å². The predicted molar refractivity (Wildman–Crippen MR) is 56.0 cm³/mol. The van der Waals surface area contributed by atoms with Crippen LogP contribution in [0.4, 0.5) is 0 Å². The van der Waals surface area contributed by atoms with E-state index in [2.05, 4.69) is 51.7 Å². The van der Waals surface area contributed by atoms with E-state index >= 15 is 0 Å². The van der Waals surface area contributed by atoms with E-state index in [9.17, 15) is 0 Å². The molecule has 0 aromatic heterocycles. The first-order chi connectivity index (χ1) is 3.91. The van der Waals surface area contributed by atoms with Gasteiger partial charge in [-0.1, -0.05) is 0 Å². The third-order valence-electron chi connectivity index (χ3n) is 0.586. The molecule has 0 atom stereocenters. The van der Waals surface area contributed by atoms with Gasteiger partial charge in [0.1, 0.15) is 0 Å². The van der Waals surface area contributed by atoms with Crippen LogP contribution in [-0.2, 0) is 10.1 Å². The zero-order valence-electron chi connectivity index (χ0n) is 5.05. The summed E-state index contributed by atoms with van der Waals surface area (Å²) in [5, 5.41) is 0. The van der Waals surface area contributed by atoms with E-state index in [-0.39, 0.29) is 7.43 Å². The molecular formula is C6H8I2Ru. The van der Waals surface area contributed by atoms with Crippen LogP contribution in [-0.4, -0.2) is 0 Å². The van der Waals surface area contributed by atoms with Gasteiger partial charge < -0.3 is 7.43 Å². The predicted octanol–water partition coefficient (Wildman–Crippen LogP) is 3.52. The quantitative estimate of drug-likeness (QED) is 0.311. The van der Waals surface area contributed by atoms with E-state index in [0.29, 0.717) is 10.1 Å². The SMILES string of the molecule is [C-]1=CC=CC1.[CH3-].[I][Ru+2][I]. The van der Waals surface area contributed by atoms with Crippen LogP contribution in [0.1, 0.15) is 6.42 Å². The van der Waals surface area contributed by atoms with Crippen LogP contribution >= 0.6 is 39.5 Å². The van der Waals surface area contributed by atoms with Crippen LogP contribution in [0.2, 0.25) is 0 Å². The second-order valence-corrected chi connectivity index (χ2v) is 14.4. The first-order valence-electron chi connectivity index (χ1n) is 1.98. The molecule has 0 aromatic rings. The zero-order valence-corrected chi connectivity index (χ0v) is 11.1. The second kappa shape index (κ2) is 12.3. The van der Waals surface area contributed by atoms with E-state index in [4.69, 9.17) is 0 Å². The topological polar surface area (TPSA) is 0 Å². The molecule has 0 aliphatic heterocycles. The molecule has 0 fully saturated rings. The third kappa shape index (κ3) is 12.7. The molecule has 0 saturated carbocycles. The fourth-order valence-electron chi connectivity index (χ4n) is 0.340. The molecule has 0 heterocycles. The molecule has 0 unspecified atom stereocenters. The van der Waals surface area contributed by atoms with Crippen molar-refractivity contribution < 1.29 is 10.1 Å². The third-order valence-corrected chi connectivity index (χ3v) is 0.586. The van der Waals surface area contributed by atoms with Crippen molar-refractivity contribution >= 4 is 39.5 Å². The van der Waals surface area contributed by atoms with Gasteiger partial charge in [0.15, 0.2) is 0 Å². The van der Waals surface area contributed by atoms with Crippen LogP contribution < -0.4 is 0 Å². The van der Waals surface area contributed by atoms with Gasteiger partial charge in [-0.2, -0.15) is 6.08 Å². The Balaban J connectivity index is 0. The molecule has 0 spiro atoms. The molecule has 0 nitrogen and oxygen atoms in total. The fraction of sp³-hybridized carbons (Fsp3) is 0.167. The normalized spacial score (nSPS) is 11.8. The van der Waals surface area contributed by atoms with Gasteiger partial charge >= 0.3 is 49.6 Å². The summed E-state index contributed by atoms with van der Waals surface area (Å²) in [5.41, 5.74) is 0. The number of allylic oxidation sites excluding steroid dienone is 4. The summed E-state index contributed by atoms with van der Waals surface area (Å²) in [5.74, 6) is 0. The molecule has 54 valence electrons. The summed E-state index contributed by atoms with van der Waals surface area (Å²) in [7, 11) is 0.650. The van der Waals surface area contributed by atoms with Crippen molar-refractivity contribution in [3.63, 3.8) is 0 Å². The summed E-state index contributed by atoms with van der Waals surface area (Å²) >= 11 is 4.73. The molecule has 0 saturated heterocycles. The summed E-state index contributed by atoms with van der Waals surface area (Å²) < 4.78 is 0. The number of hydrogen-bond donors (Lipinski definition) is 0. The fourth-order valence-corrected chi connectivity index (χ4v) is 0.340. The summed E-state index contributed by atoms with van der Waals surface area (Å²) in [6, 6.07) is 0. The van der Waals surface area contributed by atoms with Gasteiger partial charge in [0.2, 0.25) is 0 Å². The Morgan fingerprint density at radius 2 is 2.00 bits per heavy atom. The average molecular weight is 435 g/mol. The van der Waals surface area contributed by atoms with Gasteiger partial charge in [0, 0.05) is 0 Å². The van der Waals surface area contributed by atoms with Gasteiger partial charge in [-0.05, 0) is 0 Å². The van der Waals surface area contributed by atoms with E-state index in [0.717, 1.165) is 6.42 Å². The van der Waals surface area contributed by atoms with Gasteiger partial charge in [-0.15, -0.1) is 6.42 Å². The Bertz CT molecular complexity index is 79.1. The number of rotatable bonds is 0.